The van der Waals surface area contributed by atoms with Crippen LogP contribution in [0.4, 0.5) is 22.9 Å². The fourth-order valence-corrected chi connectivity index (χ4v) is 7.31. The van der Waals surface area contributed by atoms with Crippen LogP contribution in [0, 0.1) is 0 Å². The highest BCUT2D eigenvalue weighted by Crippen LogP contribution is 2.45. The van der Waals surface area contributed by atoms with Crippen LogP contribution in [0.3, 0.4) is 0 Å². The predicted octanol–water partition coefficient (Wildman–Crippen LogP) is 11.8. The zero-order valence-electron chi connectivity index (χ0n) is 24.5. The Morgan fingerprint density at radius 3 is 2.33 bits per heavy atom. The van der Waals surface area contributed by atoms with Gasteiger partial charge in [-0.25, -0.2) is 4.98 Å². The van der Waals surface area contributed by atoms with Crippen LogP contribution >= 0.6 is 11.3 Å². The molecule has 0 bridgehead atoms. The van der Waals surface area contributed by atoms with Crippen LogP contribution in [0.5, 0.6) is 0 Å². The average Bonchev–Trinajstić information content (AvgIpc) is 3.46. The van der Waals surface area contributed by atoms with Crippen molar-refractivity contribution in [3.05, 3.63) is 170 Å². The van der Waals surface area contributed by atoms with Gasteiger partial charge in [-0.1, -0.05) is 104 Å². The van der Waals surface area contributed by atoms with E-state index in [0.29, 0.717) is 0 Å². The lowest BCUT2D eigenvalue weighted by atomic mass is 9.98. The lowest BCUT2D eigenvalue weighted by Crippen LogP contribution is -2.11. The van der Waals surface area contributed by atoms with Crippen LogP contribution in [-0.4, -0.2) is 4.98 Å². The van der Waals surface area contributed by atoms with E-state index in [9.17, 15) is 0 Å². The number of pyridine rings is 1. The van der Waals surface area contributed by atoms with Gasteiger partial charge in [0, 0.05) is 54.4 Å². The maximum atomic E-state index is 5.05. The molecule has 0 saturated carbocycles. The summed E-state index contributed by atoms with van der Waals surface area (Å²) in [7, 11) is 0. The van der Waals surface area contributed by atoms with Gasteiger partial charge in [0.05, 0.1) is 11.4 Å². The molecule has 1 N–H and O–H groups in total. The van der Waals surface area contributed by atoms with E-state index < -0.39 is 0 Å². The summed E-state index contributed by atoms with van der Waals surface area (Å²) >= 11 is 1.82. The number of allylic oxidation sites excluding steroid dienone is 4. The maximum absolute atomic E-state index is 5.05. The van der Waals surface area contributed by atoms with Gasteiger partial charge in [0.15, 0.2) is 0 Å². The van der Waals surface area contributed by atoms with Gasteiger partial charge in [0.1, 0.15) is 5.82 Å². The quantitative estimate of drug-likeness (QED) is 0.215. The Labute approximate surface area is 266 Å². The van der Waals surface area contributed by atoms with Gasteiger partial charge in [-0.2, -0.15) is 0 Å². The summed E-state index contributed by atoms with van der Waals surface area (Å²) in [6.45, 7) is 4.48. The number of hydrogen-bond donors (Lipinski definition) is 1. The summed E-state index contributed by atoms with van der Waals surface area (Å²) in [5.74, 6) is 0.810. The molecule has 3 nitrogen and oxygen atoms in total. The molecule has 0 radical (unpaired) electrons. The Kier molecular flexibility index (Phi) is 6.82. The molecule has 1 aliphatic rings. The third kappa shape index (κ3) is 5.01. The predicted molar refractivity (Wildman–Crippen MR) is 194 cm³/mol. The summed E-state index contributed by atoms with van der Waals surface area (Å²) in [6, 6.07) is 46.6. The monoisotopic (exact) mass is 595 g/mol. The van der Waals surface area contributed by atoms with E-state index in [1.54, 1.807) is 0 Å². The molecule has 0 atom stereocenters. The van der Waals surface area contributed by atoms with Crippen molar-refractivity contribution < 1.29 is 0 Å². The molecule has 2 aromatic heterocycles. The van der Waals surface area contributed by atoms with E-state index in [2.05, 4.69) is 156 Å². The highest BCUT2D eigenvalue weighted by Gasteiger charge is 2.20. The van der Waals surface area contributed by atoms with Crippen LogP contribution in [0.2, 0.25) is 0 Å². The normalized spacial score (nSPS) is 14.1. The number of para-hydroxylation sites is 2. The number of hydrogen-bond acceptors (Lipinski definition) is 4. The van der Waals surface area contributed by atoms with Crippen molar-refractivity contribution in [3.8, 4) is 22.4 Å². The third-order valence-corrected chi connectivity index (χ3v) is 9.40. The summed E-state index contributed by atoms with van der Waals surface area (Å²) < 4.78 is 2.49. The van der Waals surface area contributed by atoms with E-state index in [1.807, 2.05) is 29.5 Å². The van der Waals surface area contributed by atoms with Crippen LogP contribution in [-0.2, 0) is 0 Å². The number of nitrogens with one attached hydrogen (secondary N) is 1. The Bertz CT molecular complexity index is 2260. The molecule has 0 aliphatic carbocycles. The SMILES string of the molecule is C=C1/C=C\C=C/N(c2ccccc2)c2ccc3c(sc4ccc(-c5cccc(Nc6ccccc6-c6ccccc6)n5)cc43)c21. The first-order valence-electron chi connectivity index (χ1n) is 15.0. The first kappa shape index (κ1) is 26.9. The van der Waals surface area contributed by atoms with Crippen molar-refractivity contribution in [2.75, 3.05) is 10.2 Å². The van der Waals surface area contributed by atoms with Crippen molar-refractivity contribution in [1.82, 2.24) is 4.98 Å². The molecule has 5 aromatic carbocycles. The first-order chi connectivity index (χ1) is 22.2. The third-order valence-electron chi connectivity index (χ3n) is 8.20. The molecule has 3 heterocycles. The molecule has 0 spiro atoms. The van der Waals surface area contributed by atoms with E-state index in [-0.39, 0.29) is 0 Å². The zero-order chi connectivity index (χ0) is 30.2. The minimum absolute atomic E-state index is 0.810. The second-order valence-electron chi connectivity index (χ2n) is 11.0. The van der Waals surface area contributed by atoms with E-state index in [4.69, 9.17) is 4.98 Å². The minimum Gasteiger partial charge on any atom is -0.340 e. The number of thiophene rings is 1. The molecule has 4 heteroatoms. The van der Waals surface area contributed by atoms with E-state index >= 15 is 0 Å². The zero-order valence-corrected chi connectivity index (χ0v) is 25.3. The number of nitrogens with zero attached hydrogens (tertiary/aromatic N) is 2. The molecule has 1 aliphatic heterocycles. The molecule has 7 aromatic rings. The Morgan fingerprint density at radius 2 is 1.47 bits per heavy atom. The van der Waals surface area contributed by atoms with Crippen LogP contribution in [0.25, 0.3) is 48.1 Å². The van der Waals surface area contributed by atoms with Gasteiger partial charge < -0.3 is 10.2 Å². The molecule has 0 saturated heterocycles. The summed E-state index contributed by atoms with van der Waals surface area (Å²) in [5, 5.41) is 6.03. The van der Waals surface area contributed by atoms with Gasteiger partial charge in [0.2, 0.25) is 0 Å². The summed E-state index contributed by atoms with van der Waals surface area (Å²) in [4.78, 5) is 7.30. The topological polar surface area (TPSA) is 28.2 Å². The van der Waals surface area contributed by atoms with Crippen molar-refractivity contribution in [3.63, 3.8) is 0 Å². The van der Waals surface area contributed by atoms with Crippen molar-refractivity contribution >= 4 is 60.0 Å². The fraction of sp³-hybridized carbons (Fsp3) is 0. The standard InChI is InChI=1S/C41H29N3S/c1-28-13-10-11-26-44(31-16-6-3-7-17-31)37-24-23-33-34-27-30(22-25-38(34)45-41(33)40(28)37)35-20-12-21-39(42-35)43-36-19-9-8-18-32(36)29-14-4-2-5-15-29/h2-27H,1H2,(H,42,43)/b13-10-,26-11-. The van der Waals surface area contributed by atoms with Gasteiger partial charge >= 0.3 is 0 Å². The lowest BCUT2D eigenvalue weighted by Gasteiger charge is -2.25. The number of rotatable bonds is 5. The van der Waals surface area contributed by atoms with Crippen LogP contribution in [0.1, 0.15) is 5.56 Å². The highest BCUT2D eigenvalue weighted by atomic mass is 32.1. The van der Waals surface area contributed by atoms with Crippen molar-refractivity contribution in [2.24, 2.45) is 0 Å². The number of benzene rings is 5. The van der Waals surface area contributed by atoms with Gasteiger partial charge in [0.25, 0.3) is 0 Å². The Balaban J connectivity index is 1.19. The van der Waals surface area contributed by atoms with Crippen LogP contribution in [0.15, 0.2) is 164 Å². The molecule has 0 unspecified atom stereocenters. The Morgan fingerprint density at radius 1 is 0.667 bits per heavy atom. The minimum atomic E-state index is 0.810. The fourth-order valence-electron chi connectivity index (χ4n) is 6.05. The molecule has 214 valence electrons. The van der Waals surface area contributed by atoms with Gasteiger partial charge in [-0.05, 0) is 65.7 Å². The summed E-state index contributed by atoms with van der Waals surface area (Å²) in [6.07, 6.45) is 8.36. The van der Waals surface area contributed by atoms with Gasteiger partial charge in [-0.15, -0.1) is 11.3 Å². The highest BCUT2D eigenvalue weighted by molar-refractivity contribution is 7.26. The number of anilines is 4. The second kappa shape index (κ2) is 11.4. The molecule has 45 heavy (non-hydrogen) atoms. The first-order valence-corrected chi connectivity index (χ1v) is 15.8. The van der Waals surface area contributed by atoms with E-state index in [0.717, 1.165) is 45.3 Å². The molecular weight excluding hydrogens is 567 g/mol. The van der Waals surface area contributed by atoms with Gasteiger partial charge in [-0.3, -0.25) is 0 Å². The molecule has 0 amide bonds. The molecular formula is C41H29N3S. The second-order valence-corrected chi connectivity index (χ2v) is 12.1. The average molecular weight is 596 g/mol. The largest absolute Gasteiger partial charge is 0.340 e. The molecule has 0 fully saturated rings. The number of aromatic nitrogens is 1. The van der Waals surface area contributed by atoms with Crippen molar-refractivity contribution in [2.45, 2.75) is 0 Å². The summed E-state index contributed by atoms with van der Waals surface area (Å²) in [5.41, 5.74) is 9.76. The maximum Gasteiger partial charge on any atom is 0.131 e. The van der Waals surface area contributed by atoms with Crippen LogP contribution < -0.4 is 10.2 Å². The molecule has 8 rings (SSSR count). The van der Waals surface area contributed by atoms with E-state index in [1.165, 1.54) is 31.3 Å². The Hall–Kier alpha value is -5.71. The number of fused-ring (bicyclic) bond motifs is 5. The van der Waals surface area contributed by atoms with Crippen molar-refractivity contribution in [1.29, 1.82) is 0 Å². The smallest absolute Gasteiger partial charge is 0.131 e. The lowest BCUT2D eigenvalue weighted by molar-refractivity contribution is 1.28.